The molecule has 0 unspecified atom stereocenters. The Morgan fingerprint density at radius 1 is 1.47 bits per heavy atom. The summed E-state index contributed by atoms with van der Waals surface area (Å²) in [5.74, 6) is 0.0150. The molecule has 2 rings (SSSR count). The number of rotatable bonds is 5. The standard InChI is InChI=1S/C15H22N2O2/c1-4-17(13-7-5-6-12(2)8-13)14(18)9-19-15(3)10-16-11-15/h5-8,16H,4,9-11H2,1-3H3. The summed E-state index contributed by atoms with van der Waals surface area (Å²) < 4.78 is 5.71. The van der Waals surface area contributed by atoms with E-state index in [4.69, 9.17) is 4.74 Å². The van der Waals surface area contributed by atoms with Gasteiger partial charge in [0.25, 0.3) is 5.91 Å². The van der Waals surface area contributed by atoms with Gasteiger partial charge in [-0.2, -0.15) is 0 Å². The number of likely N-dealkylation sites (N-methyl/N-ethyl adjacent to an activating group) is 1. The molecule has 0 aliphatic carbocycles. The van der Waals surface area contributed by atoms with Crippen molar-refractivity contribution in [3.63, 3.8) is 0 Å². The molecule has 0 bridgehead atoms. The van der Waals surface area contributed by atoms with Gasteiger partial charge in [-0.05, 0) is 38.5 Å². The minimum Gasteiger partial charge on any atom is -0.363 e. The van der Waals surface area contributed by atoms with Crippen LogP contribution in [0.5, 0.6) is 0 Å². The van der Waals surface area contributed by atoms with Crippen molar-refractivity contribution < 1.29 is 9.53 Å². The molecule has 1 N–H and O–H groups in total. The van der Waals surface area contributed by atoms with Crippen LogP contribution in [0, 0.1) is 6.92 Å². The summed E-state index contributed by atoms with van der Waals surface area (Å²) in [4.78, 5) is 14.0. The van der Waals surface area contributed by atoms with E-state index in [1.54, 1.807) is 4.90 Å². The van der Waals surface area contributed by atoms with Crippen molar-refractivity contribution in [3.8, 4) is 0 Å². The van der Waals surface area contributed by atoms with Crippen LogP contribution in [0.2, 0.25) is 0 Å². The summed E-state index contributed by atoms with van der Waals surface area (Å²) in [7, 11) is 0. The van der Waals surface area contributed by atoms with Gasteiger partial charge in [-0.25, -0.2) is 0 Å². The zero-order valence-corrected chi connectivity index (χ0v) is 11.9. The molecule has 0 saturated carbocycles. The maximum atomic E-state index is 12.3. The molecule has 1 aliphatic heterocycles. The van der Waals surface area contributed by atoms with Gasteiger partial charge < -0.3 is 15.0 Å². The van der Waals surface area contributed by atoms with Gasteiger partial charge in [0.15, 0.2) is 0 Å². The third-order valence-corrected chi connectivity index (χ3v) is 3.47. The summed E-state index contributed by atoms with van der Waals surface area (Å²) in [5, 5.41) is 3.16. The molecule has 104 valence electrons. The van der Waals surface area contributed by atoms with Crippen molar-refractivity contribution in [1.29, 1.82) is 0 Å². The van der Waals surface area contributed by atoms with Gasteiger partial charge in [0.05, 0.1) is 5.60 Å². The highest BCUT2D eigenvalue weighted by Crippen LogP contribution is 2.18. The lowest BCUT2D eigenvalue weighted by atomic mass is 10.0. The average Bonchev–Trinajstić information content (AvgIpc) is 2.35. The molecule has 1 fully saturated rings. The number of hydrogen-bond donors (Lipinski definition) is 1. The minimum atomic E-state index is -0.179. The summed E-state index contributed by atoms with van der Waals surface area (Å²) in [6, 6.07) is 7.98. The Morgan fingerprint density at radius 3 is 2.74 bits per heavy atom. The summed E-state index contributed by atoms with van der Waals surface area (Å²) in [6.07, 6.45) is 0. The molecular weight excluding hydrogens is 240 g/mol. The molecule has 0 radical (unpaired) electrons. The van der Waals surface area contributed by atoms with Crippen LogP contribution >= 0.6 is 0 Å². The predicted molar refractivity (Wildman–Crippen MR) is 76.4 cm³/mol. The highest BCUT2D eigenvalue weighted by molar-refractivity contribution is 5.94. The van der Waals surface area contributed by atoms with Crippen molar-refractivity contribution in [3.05, 3.63) is 29.8 Å². The number of ether oxygens (including phenoxy) is 1. The first-order valence-electron chi connectivity index (χ1n) is 6.76. The molecule has 1 heterocycles. The molecule has 4 heteroatoms. The van der Waals surface area contributed by atoms with E-state index in [1.165, 1.54) is 0 Å². The topological polar surface area (TPSA) is 41.6 Å². The highest BCUT2D eigenvalue weighted by atomic mass is 16.5. The number of aryl methyl sites for hydroxylation is 1. The summed E-state index contributed by atoms with van der Waals surface area (Å²) in [5.41, 5.74) is 1.91. The molecule has 1 amide bonds. The molecule has 0 atom stereocenters. The van der Waals surface area contributed by atoms with Crippen LogP contribution in [0.1, 0.15) is 19.4 Å². The maximum Gasteiger partial charge on any atom is 0.252 e. The number of nitrogens with zero attached hydrogens (tertiary/aromatic N) is 1. The second-order valence-electron chi connectivity index (χ2n) is 5.32. The van der Waals surface area contributed by atoms with Crippen LogP contribution in [0.25, 0.3) is 0 Å². The van der Waals surface area contributed by atoms with E-state index in [1.807, 2.05) is 45.0 Å². The van der Waals surface area contributed by atoms with Gasteiger partial charge in [-0.1, -0.05) is 12.1 Å². The van der Waals surface area contributed by atoms with Crippen LogP contribution in [0.15, 0.2) is 24.3 Å². The number of hydrogen-bond acceptors (Lipinski definition) is 3. The third kappa shape index (κ3) is 3.33. The van der Waals surface area contributed by atoms with Gasteiger partial charge in [0.1, 0.15) is 6.61 Å². The third-order valence-electron chi connectivity index (χ3n) is 3.47. The molecule has 1 aromatic rings. The number of carbonyl (C=O) groups is 1. The van der Waals surface area contributed by atoms with Crippen molar-refractivity contribution in [2.45, 2.75) is 26.4 Å². The minimum absolute atomic E-state index is 0.0150. The van der Waals surface area contributed by atoms with Gasteiger partial charge >= 0.3 is 0 Å². The van der Waals surface area contributed by atoms with E-state index in [-0.39, 0.29) is 18.1 Å². The molecule has 1 saturated heterocycles. The fraction of sp³-hybridized carbons (Fsp3) is 0.533. The normalized spacial score (nSPS) is 16.8. The number of amides is 1. The van der Waals surface area contributed by atoms with E-state index < -0.39 is 0 Å². The van der Waals surface area contributed by atoms with Crippen LogP contribution < -0.4 is 10.2 Å². The Labute approximate surface area is 114 Å². The van der Waals surface area contributed by atoms with E-state index in [9.17, 15) is 4.79 Å². The SMILES string of the molecule is CCN(C(=O)COC1(C)CNC1)c1cccc(C)c1. The lowest BCUT2D eigenvalue weighted by molar-refractivity contribution is -0.133. The Bertz CT molecular complexity index is 455. The largest absolute Gasteiger partial charge is 0.363 e. The zero-order valence-electron chi connectivity index (χ0n) is 11.9. The molecule has 4 nitrogen and oxygen atoms in total. The van der Waals surface area contributed by atoms with Crippen molar-refractivity contribution >= 4 is 11.6 Å². The Balaban J connectivity index is 1.98. The number of carbonyl (C=O) groups excluding carboxylic acids is 1. The predicted octanol–water partition coefficient (Wildman–Crippen LogP) is 1.73. The Kier molecular flexibility index (Phi) is 4.22. The van der Waals surface area contributed by atoms with E-state index in [0.717, 1.165) is 24.3 Å². The Hall–Kier alpha value is -1.39. The second kappa shape index (κ2) is 5.72. The van der Waals surface area contributed by atoms with Crippen LogP contribution in [-0.2, 0) is 9.53 Å². The van der Waals surface area contributed by atoms with Crippen molar-refractivity contribution in [1.82, 2.24) is 5.32 Å². The van der Waals surface area contributed by atoms with Gasteiger partial charge in [0, 0.05) is 25.3 Å². The fourth-order valence-electron chi connectivity index (χ4n) is 2.19. The molecule has 0 aromatic heterocycles. The lowest BCUT2D eigenvalue weighted by Gasteiger charge is -2.39. The van der Waals surface area contributed by atoms with Crippen molar-refractivity contribution in [2.24, 2.45) is 0 Å². The maximum absolute atomic E-state index is 12.3. The zero-order chi connectivity index (χ0) is 13.9. The van der Waals surface area contributed by atoms with Gasteiger partial charge in [0.2, 0.25) is 0 Å². The van der Waals surface area contributed by atoms with E-state index >= 15 is 0 Å². The molecule has 1 aliphatic rings. The van der Waals surface area contributed by atoms with Gasteiger partial charge in [-0.15, -0.1) is 0 Å². The number of nitrogens with one attached hydrogen (secondary N) is 1. The first-order chi connectivity index (χ1) is 9.04. The summed E-state index contributed by atoms with van der Waals surface area (Å²) >= 11 is 0. The monoisotopic (exact) mass is 262 g/mol. The fourth-order valence-corrected chi connectivity index (χ4v) is 2.19. The van der Waals surface area contributed by atoms with E-state index in [2.05, 4.69) is 5.32 Å². The van der Waals surface area contributed by atoms with Crippen LogP contribution in [0.3, 0.4) is 0 Å². The summed E-state index contributed by atoms with van der Waals surface area (Å²) in [6.45, 7) is 8.46. The molecule has 19 heavy (non-hydrogen) atoms. The smallest absolute Gasteiger partial charge is 0.252 e. The quantitative estimate of drug-likeness (QED) is 0.878. The first kappa shape index (κ1) is 14.0. The van der Waals surface area contributed by atoms with Crippen LogP contribution in [-0.4, -0.2) is 37.7 Å². The average molecular weight is 262 g/mol. The molecule has 0 spiro atoms. The number of benzene rings is 1. The van der Waals surface area contributed by atoms with Gasteiger partial charge in [-0.3, -0.25) is 4.79 Å². The second-order valence-corrected chi connectivity index (χ2v) is 5.32. The van der Waals surface area contributed by atoms with Crippen molar-refractivity contribution in [2.75, 3.05) is 31.1 Å². The highest BCUT2D eigenvalue weighted by Gasteiger charge is 2.33. The lowest BCUT2D eigenvalue weighted by Crippen LogP contribution is -2.59. The number of anilines is 1. The van der Waals surface area contributed by atoms with E-state index in [0.29, 0.717) is 6.54 Å². The van der Waals surface area contributed by atoms with Crippen LogP contribution in [0.4, 0.5) is 5.69 Å². The molecular formula is C15H22N2O2. The molecule has 1 aromatic carbocycles. The Morgan fingerprint density at radius 2 is 2.21 bits per heavy atom. The first-order valence-corrected chi connectivity index (χ1v) is 6.76.